The number of rotatable bonds is 6. The lowest BCUT2D eigenvalue weighted by atomic mass is 10.2. The summed E-state index contributed by atoms with van der Waals surface area (Å²) in [5, 5.41) is 14.7. The van der Waals surface area contributed by atoms with E-state index < -0.39 is 9.84 Å². The second kappa shape index (κ2) is 7.71. The predicted octanol–water partition coefficient (Wildman–Crippen LogP) is 1.99. The smallest absolute Gasteiger partial charge is 0.230 e. The average molecular weight is 399 g/mol. The molecule has 1 aromatic carbocycles. The zero-order valence-electron chi connectivity index (χ0n) is 13.6. The van der Waals surface area contributed by atoms with Gasteiger partial charge in [-0.3, -0.25) is 4.79 Å². The monoisotopic (exact) mass is 398 g/mol. The SMILES string of the molecule is Cc1ccc(Nc2nnc(SCC(=O)N[C@H]3CCS(=O)(=O)C3)s2)cc1. The molecule has 2 N–H and O–H groups in total. The van der Waals surface area contributed by atoms with Crippen LogP contribution in [0.15, 0.2) is 28.6 Å². The van der Waals surface area contributed by atoms with Crippen LogP contribution in [0.1, 0.15) is 12.0 Å². The molecule has 0 bridgehead atoms. The first-order valence-corrected chi connectivity index (χ1v) is 11.3. The van der Waals surface area contributed by atoms with Gasteiger partial charge in [0.2, 0.25) is 11.0 Å². The normalized spacial score (nSPS) is 18.8. The highest BCUT2D eigenvalue weighted by Crippen LogP contribution is 2.27. The van der Waals surface area contributed by atoms with Crippen molar-refractivity contribution in [3.8, 4) is 0 Å². The summed E-state index contributed by atoms with van der Waals surface area (Å²) < 4.78 is 23.5. The Bertz CT molecular complexity index is 849. The van der Waals surface area contributed by atoms with Crippen LogP contribution in [0.4, 0.5) is 10.8 Å². The largest absolute Gasteiger partial charge is 0.352 e. The van der Waals surface area contributed by atoms with Crippen LogP contribution in [0, 0.1) is 6.92 Å². The molecule has 1 atom stereocenters. The van der Waals surface area contributed by atoms with Gasteiger partial charge in [-0.2, -0.15) is 0 Å². The molecule has 0 unspecified atom stereocenters. The molecular weight excluding hydrogens is 380 g/mol. The van der Waals surface area contributed by atoms with Gasteiger partial charge < -0.3 is 10.6 Å². The fraction of sp³-hybridized carbons (Fsp3) is 0.400. The van der Waals surface area contributed by atoms with Crippen LogP contribution in [-0.2, 0) is 14.6 Å². The number of hydrogen-bond acceptors (Lipinski definition) is 8. The number of carbonyl (C=O) groups is 1. The summed E-state index contributed by atoms with van der Waals surface area (Å²) >= 11 is 2.66. The molecule has 0 saturated carbocycles. The molecule has 0 aliphatic carbocycles. The highest BCUT2D eigenvalue weighted by molar-refractivity contribution is 8.01. The van der Waals surface area contributed by atoms with Crippen LogP contribution in [0.5, 0.6) is 0 Å². The van der Waals surface area contributed by atoms with E-state index in [4.69, 9.17) is 0 Å². The number of aromatic nitrogens is 2. The Balaban J connectivity index is 1.46. The average Bonchev–Trinajstić information content (AvgIpc) is 3.14. The molecule has 10 heteroatoms. The zero-order chi connectivity index (χ0) is 17.9. The number of sulfone groups is 1. The highest BCUT2D eigenvalue weighted by atomic mass is 32.2. The Morgan fingerprint density at radius 2 is 2.08 bits per heavy atom. The van der Waals surface area contributed by atoms with Gasteiger partial charge in [0.25, 0.3) is 0 Å². The molecule has 134 valence electrons. The van der Waals surface area contributed by atoms with Crippen LogP contribution in [0.2, 0.25) is 0 Å². The van der Waals surface area contributed by atoms with Crippen LogP contribution >= 0.6 is 23.1 Å². The Hall–Kier alpha value is -1.65. The van der Waals surface area contributed by atoms with Gasteiger partial charge in [0.15, 0.2) is 14.2 Å². The third kappa shape index (κ3) is 5.41. The van der Waals surface area contributed by atoms with Crippen molar-refractivity contribution in [1.82, 2.24) is 15.5 Å². The van der Waals surface area contributed by atoms with E-state index in [0.29, 0.717) is 15.9 Å². The molecule has 1 saturated heterocycles. The van der Waals surface area contributed by atoms with Crippen molar-refractivity contribution in [3.05, 3.63) is 29.8 Å². The second-order valence-electron chi connectivity index (χ2n) is 5.82. The maximum Gasteiger partial charge on any atom is 0.230 e. The van der Waals surface area contributed by atoms with E-state index in [-0.39, 0.29) is 29.2 Å². The maximum atomic E-state index is 11.9. The van der Waals surface area contributed by atoms with Crippen molar-refractivity contribution in [2.75, 3.05) is 22.6 Å². The second-order valence-corrected chi connectivity index (χ2v) is 10.2. The molecule has 0 radical (unpaired) electrons. The molecule has 2 heterocycles. The summed E-state index contributed by atoms with van der Waals surface area (Å²) in [6.45, 7) is 2.02. The van der Waals surface area contributed by atoms with Crippen molar-refractivity contribution < 1.29 is 13.2 Å². The number of amides is 1. The van der Waals surface area contributed by atoms with Gasteiger partial charge in [0, 0.05) is 11.7 Å². The zero-order valence-corrected chi connectivity index (χ0v) is 16.0. The lowest BCUT2D eigenvalue weighted by molar-refractivity contribution is -0.119. The summed E-state index contributed by atoms with van der Waals surface area (Å²) in [5.74, 6) is 0.188. The molecule has 1 amide bonds. The molecule has 1 aliphatic rings. The van der Waals surface area contributed by atoms with E-state index in [1.807, 2.05) is 31.2 Å². The molecule has 1 fully saturated rings. The van der Waals surface area contributed by atoms with Crippen molar-refractivity contribution in [1.29, 1.82) is 0 Å². The van der Waals surface area contributed by atoms with Crippen LogP contribution in [0.25, 0.3) is 0 Å². The molecular formula is C15H18N4O3S3. The van der Waals surface area contributed by atoms with E-state index in [2.05, 4.69) is 20.8 Å². The van der Waals surface area contributed by atoms with Crippen LogP contribution in [0.3, 0.4) is 0 Å². The van der Waals surface area contributed by atoms with Crippen molar-refractivity contribution >= 4 is 49.7 Å². The van der Waals surface area contributed by atoms with Crippen LogP contribution < -0.4 is 10.6 Å². The van der Waals surface area contributed by atoms with Gasteiger partial charge in [0.1, 0.15) is 0 Å². The summed E-state index contributed by atoms with van der Waals surface area (Å²) in [5.41, 5.74) is 2.11. The highest BCUT2D eigenvalue weighted by Gasteiger charge is 2.28. The molecule has 1 aromatic heterocycles. The number of benzene rings is 1. The minimum absolute atomic E-state index is 0.0346. The first-order chi connectivity index (χ1) is 11.9. The molecule has 3 rings (SSSR count). The van der Waals surface area contributed by atoms with E-state index in [1.54, 1.807) is 0 Å². The number of anilines is 2. The summed E-state index contributed by atoms with van der Waals surface area (Å²) in [6, 6.07) is 7.67. The minimum atomic E-state index is -2.99. The number of hydrogen-bond donors (Lipinski definition) is 2. The summed E-state index contributed by atoms with van der Waals surface area (Å²) in [6.07, 6.45) is 0.488. The van der Waals surface area contributed by atoms with Gasteiger partial charge in [-0.25, -0.2) is 8.42 Å². The molecule has 2 aromatic rings. The van der Waals surface area contributed by atoms with Crippen molar-refractivity contribution in [2.24, 2.45) is 0 Å². The van der Waals surface area contributed by atoms with Gasteiger partial charge >= 0.3 is 0 Å². The number of nitrogens with zero attached hydrogens (tertiary/aromatic N) is 2. The van der Waals surface area contributed by atoms with Crippen LogP contribution in [-0.4, -0.2) is 47.8 Å². The number of aryl methyl sites for hydroxylation is 1. The number of thioether (sulfide) groups is 1. The Labute approximate surface area is 154 Å². The first-order valence-electron chi connectivity index (χ1n) is 7.69. The molecule has 7 nitrogen and oxygen atoms in total. The molecule has 0 spiro atoms. The first kappa shape index (κ1) is 18.2. The Morgan fingerprint density at radius 3 is 2.76 bits per heavy atom. The maximum absolute atomic E-state index is 11.9. The van der Waals surface area contributed by atoms with Gasteiger partial charge in [-0.15, -0.1) is 10.2 Å². The molecule has 1 aliphatic heterocycles. The topological polar surface area (TPSA) is 101 Å². The van der Waals surface area contributed by atoms with E-state index in [9.17, 15) is 13.2 Å². The van der Waals surface area contributed by atoms with Gasteiger partial charge in [-0.1, -0.05) is 40.8 Å². The minimum Gasteiger partial charge on any atom is -0.352 e. The van der Waals surface area contributed by atoms with Crippen molar-refractivity contribution in [3.63, 3.8) is 0 Å². The third-order valence-corrected chi connectivity index (χ3v) is 7.37. The van der Waals surface area contributed by atoms with E-state index in [1.165, 1.54) is 28.7 Å². The fourth-order valence-electron chi connectivity index (χ4n) is 2.38. The predicted molar refractivity (Wildman–Crippen MR) is 100 cm³/mol. The lowest BCUT2D eigenvalue weighted by Gasteiger charge is -2.09. The van der Waals surface area contributed by atoms with Gasteiger partial charge in [0.05, 0.1) is 17.3 Å². The van der Waals surface area contributed by atoms with Gasteiger partial charge in [-0.05, 0) is 25.5 Å². The standard InChI is InChI=1S/C15H18N4O3S3/c1-10-2-4-11(5-3-10)17-14-18-19-15(24-14)23-8-13(20)16-12-6-7-25(21,22)9-12/h2-5,12H,6-9H2,1H3,(H,16,20)(H,17,18)/t12-/m0/s1. The van der Waals surface area contributed by atoms with E-state index in [0.717, 1.165) is 5.69 Å². The quantitative estimate of drug-likeness (QED) is 0.718. The van der Waals surface area contributed by atoms with Crippen molar-refractivity contribution in [2.45, 2.75) is 23.7 Å². The lowest BCUT2D eigenvalue weighted by Crippen LogP contribution is -2.36. The fourth-order valence-corrected chi connectivity index (χ4v) is 5.64. The Morgan fingerprint density at radius 1 is 1.32 bits per heavy atom. The van der Waals surface area contributed by atoms with E-state index >= 15 is 0 Å². The third-order valence-electron chi connectivity index (χ3n) is 3.63. The summed E-state index contributed by atoms with van der Waals surface area (Å²) in [4.78, 5) is 11.9. The number of carbonyl (C=O) groups excluding carboxylic acids is 1. The number of nitrogens with one attached hydrogen (secondary N) is 2. The Kier molecular flexibility index (Phi) is 5.60. The summed E-state index contributed by atoms with van der Waals surface area (Å²) in [7, 11) is -2.99. The molecule has 25 heavy (non-hydrogen) atoms.